The molecule has 3 atom stereocenters. The van der Waals surface area contributed by atoms with Gasteiger partial charge in [-0.1, -0.05) is 64.5 Å². The average Bonchev–Trinajstić information content (AvgIpc) is 2.77. The fraction of sp³-hybridized carbons (Fsp3) is 0.294. The number of hydrogen-bond acceptors (Lipinski definition) is 2. The minimum Gasteiger partial charge on any atom is -0.349 e. The lowest BCUT2D eigenvalue weighted by Gasteiger charge is -2.22. The molecule has 1 heterocycles. The van der Waals surface area contributed by atoms with Crippen LogP contribution in [0.4, 0.5) is 0 Å². The van der Waals surface area contributed by atoms with E-state index < -0.39 is 0 Å². The number of benzene rings is 2. The van der Waals surface area contributed by atoms with Crippen LogP contribution in [0.25, 0.3) is 0 Å². The Hall–Kier alpha value is -1.16. The molecule has 0 aliphatic carbocycles. The van der Waals surface area contributed by atoms with Gasteiger partial charge < -0.3 is 4.74 Å². The van der Waals surface area contributed by atoms with Gasteiger partial charge in [-0.2, -0.15) is 0 Å². The van der Waals surface area contributed by atoms with Crippen molar-refractivity contribution in [2.75, 3.05) is 7.05 Å². The largest absolute Gasteiger partial charge is 0.349 e. The summed E-state index contributed by atoms with van der Waals surface area (Å²) in [5.41, 5.74) is 2.42. The van der Waals surface area contributed by atoms with E-state index in [-0.39, 0.29) is 12.3 Å². The fourth-order valence-electron chi connectivity index (χ4n) is 2.74. The average molecular weight is 332 g/mol. The molecule has 0 spiro atoms. The van der Waals surface area contributed by atoms with Crippen molar-refractivity contribution in [3.63, 3.8) is 0 Å². The quantitative estimate of drug-likeness (QED) is 0.801. The van der Waals surface area contributed by atoms with E-state index in [0.717, 1.165) is 4.47 Å². The highest BCUT2D eigenvalue weighted by molar-refractivity contribution is 9.10. The lowest BCUT2D eigenvalue weighted by Crippen LogP contribution is -2.27. The smallest absolute Gasteiger partial charge is 0.138 e. The van der Waals surface area contributed by atoms with Gasteiger partial charge in [-0.05, 0) is 25.6 Å². The molecule has 0 saturated carbocycles. The van der Waals surface area contributed by atoms with Gasteiger partial charge >= 0.3 is 0 Å². The van der Waals surface area contributed by atoms with Crippen LogP contribution in [0.15, 0.2) is 59.1 Å². The Morgan fingerprint density at radius 1 is 1.00 bits per heavy atom. The molecule has 0 bridgehead atoms. The van der Waals surface area contributed by atoms with Crippen molar-refractivity contribution < 1.29 is 4.74 Å². The van der Waals surface area contributed by atoms with Crippen molar-refractivity contribution in [1.29, 1.82) is 0 Å². The summed E-state index contributed by atoms with van der Waals surface area (Å²) >= 11 is 3.62. The van der Waals surface area contributed by atoms with E-state index in [0.29, 0.717) is 6.04 Å². The monoisotopic (exact) mass is 331 g/mol. The topological polar surface area (TPSA) is 12.5 Å². The van der Waals surface area contributed by atoms with Gasteiger partial charge in [-0.15, -0.1) is 0 Å². The van der Waals surface area contributed by atoms with Crippen molar-refractivity contribution in [1.82, 2.24) is 4.90 Å². The highest BCUT2D eigenvalue weighted by atomic mass is 79.9. The standard InChI is InChI=1S/C17H18BrNO/c1-12-16(13-8-4-3-5-9-13)20-17(19(12)2)14-10-6-7-11-15(14)18/h3-12,16-17H,1-2H3/t12-,16-,17-/m0/s1. The van der Waals surface area contributed by atoms with Crippen LogP contribution in [-0.4, -0.2) is 18.0 Å². The lowest BCUT2D eigenvalue weighted by atomic mass is 10.0. The van der Waals surface area contributed by atoms with E-state index >= 15 is 0 Å². The number of hydrogen-bond donors (Lipinski definition) is 0. The molecule has 0 aromatic heterocycles. The second kappa shape index (κ2) is 5.68. The Morgan fingerprint density at radius 2 is 1.65 bits per heavy atom. The SMILES string of the molecule is C[C@H]1[C@@H](c2ccccc2)O[C@@H](c2ccccc2Br)N1C. The van der Waals surface area contributed by atoms with Gasteiger partial charge in [0.2, 0.25) is 0 Å². The van der Waals surface area contributed by atoms with Crippen molar-refractivity contribution in [2.45, 2.75) is 25.3 Å². The molecule has 2 aromatic rings. The molecule has 1 fully saturated rings. The highest BCUT2D eigenvalue weighted by Gasteiger charge is 2.39. The van der Waals surface area contributed by atoms with Crippen molar-refractivity contribution in [3.8, 4) is 0 Å². The predicted molar refractivity (Wildman–Crippen MR) is 84.4 cm³/mol. The number of halogens is 1. The molecule has 2 nitrogen and oxygen atoms in total. The summed E-state index contributed by atoms with van der Waals surface area (Å²) in [5, 5.41) is 0. The molecular formula is C17H18BrNO. The minimum atomic E-state index is -0.00854. The molecule has 1 aliphatic rings. The molecule has 3 heteroatoms. The molecule has 1 saturated heterocycles. The zero-order valence-corrected chi connectivity index (χ0v) is 13.2. The lowest BCUT2D eigenvalue weighted by molar-refractivity contribution is 0.00512. The van der Waals surface area contributed by atoms with Crippen LogP contribution < -0.4 is 0 Å². The summed E-state index contributed by atoms with van der Waals surface area (Å²) in [7, 11) is 2.12. The van der Waals surface area contributed by atoms with Gasteiger partial charge in [0.05, 0.1) is 0 Å². The summed E-state index contributed by atoms with van der Waals surface area (Å²) < 4.78 is 7.43. The highest BCUT2D eigenvalue weighted by Crippen LogP contribution is 2.42. The van der Waals surface area contributed by atoms with E-state index in [2.05, 4.69) is 77.3 Å². The maximum atomic E-state index is 6.33. The van der Waals surface area contributed by atoms with Gasteiger partial charge in [0, 0.05) is 16.1 Å². The van der Waals surface area contributed by atoms with Crippen molar-refractivity contribution in [2.24, 2.45) is 0 Å². The number of likely N-dealkylation sites (N-methyl/N-ethyl adjacent to an activating group) is 1. The van der Waals surface area contributed by atoms with E-state index in [1.54, 1.807) is 0 Å². The minimum absolute atomic E-state index is 0.00854. The summed E-state index contributed by atoms with van der Waals surface area (Å²) in [4.78, 5) is 2.29. The third-order valence-corrected chi connectivity index (χ3v) is 4.75. The summed E-state index contributed by atoms with van der Waals surface area (Å²) in [6.45, 7) is 2.22. The van der Waals surface area contributed by atoms with Crippen LogP contribution in [0.2, 0.25) is 0 Å². The van der Waals surface area contributed by atoms with Gasteiger partial charge in [-0.25, -0.2) is 0 Å². The third-order valence-electron chi connectivity index (χ3n) is 4.03. The molecule has 20 heavy (non-hydrogen) atoms. The Kier molecular flexibility index (Phi) is 3.92. The number of nitrogens with zero attached hydrogens (tertiary/aromatic N) is 1. The van der Waals surface area contributed by atoms with Crippen LogP contribution in [0.3, 0.4) is 0 Å². The first kappa shape index (κ1) is 13.8. The maximum absolute atomic E-state index is 6.33. The van der Waals surface area contributed by atoms with Crippen LogP contribution in [-0.2, 0) is 4.74 Å². The molecule has 104 valence electrons. The second-order valence-electron chi connectivity index (χ2n) is 5.25. The Labute approximate surface area is 128 Å². The number of rotatable bonds is 2. The van der Waals surface area contributed by atoms with Gasteiger partial charge in [0.15, 0.2) is 0 Å². The van der Waals surface area contributed by atoms with Crippen LogP contribution in [0.1, 0.15) is 30.4 Å². The predicted octanol–water partition coefficient (Wildman–Crippen LogP) is 4.54. The number of ether oxygens (including phenoxy) is 1. The van der Waals surface area contributed by atoms with Crippen molar-refractivity contribution in [3.05, 3.63) is 70.2 Å². The maximum Gasteiger partial charge on any atom is 0.138 e. The van der Waals surface area contributed by atoms with Crippen LogP contribution in [0.5, 0.6) is 0 Å². The van der Waals surface area contributed by atoms with Crippen LogP contribution in [0, 0.1) is 0 Å². The second-order valence-corrected chi connectivity index (χ2v) is 6.10. The van der Waals surface area contributed by atoms with E-state index in [1.807, 2.05) is 12.1 Å². The molecule has 0 N–H and O–H groups in total. The molecule has 3 rings (SSSR count). The normalized spacial score (nSPS) is 26.9. The van der Waals surface area contributed by atoms with E-state index in [1.165, 1.54) is 11.1 Å². The Balaban J connectivity index is 1.91. The molecule has 0 unspecified atom stereocenters. The first-order valence-electron chi connectivity index (χ1n) is 6.85. The first-order chi connectivity index (χ1) is 9.68. The van der Waals surface area contributed by atoms with Gasteiger partial charge in [0.25, 0.3) is 0 Å². The zero-order valence-electron chi connectivity index (χ0n) is 11.7. The van der Waals surface area contributed by atoms with Gasteiger partial charge in [0.1, 0.15) is 12.3 Å². The molecule has 2 aromatic carbocycles. The molecule has 1 aliphatic heterocycles. The summed E-state index contributed by atoms with van der Waals surface area (Å²) in [6.07, 6.45) is 0.101. The summed E-state index contributed by atoms with van der Waals surface area (Å²) in [6, 6.07) is 19.0. The van der Waals surface area contributed by atoms with E-state index in [9.17, 15) is 0 Å². The van der Waals surface area contributed by atoms with Crippen LogP contribution >= 0.6 is 15.9 Å². The van der Waals surface area contributed by atoms with Crippen molar-refractivity contribution >= 4 is 15.9 Å². The molecule has 0 amide bonds. The van der Waals surface area contributed by atoms with Gasteiger partial charge in [-0.3, -0.25) is 4.90 Å². The molecular weight excluding hydrogens is 314 g/mol. The fourth-order valence-corrected chi connectivity index (χ4v) is 3.22. The first-order valence-corrected chi connectivity index (χ1v) is 7.64. The third kappa shape index (κ3) is 2.41. The molecule has 0 radical (unpaired) electrons. The summed E-state index contributed by atoms with van der Waals surface area (Å²) in [5.74, 6) is 0. The Morgan fingerprint density at radius 3 is 2.35 bits per heavy atom. The Bertz CT molecular complexity index is 587. The zero-order chi connectivity index (χ0) is 14.1. The van der Waals surface area contributed by atoms with E-state index in [4.69, 9.17) is 4.74 Å².